The molecule has 0 aromatic heterocycles. The summed E-state index contributed by atoms with van der Waals surface area (Å²) in [6.07, 6.45) is 0. The van der Waals surface area contributed by atoms with Gasteiger partial charge in [0.15, 0.2) is 0 Å². The molecular weight excluding hydrogens is 199 g/mol. The fraction of sp³-hybridized carbons (Fsp3) is 0.143. The van der Waals surface area contributed by atoms with Crippen LogP contribution in [0.5, 0.6) is 0 Å². The summed E-state index contributed by atoms with van der Waals surface area (Å²) in [5, 5.41) is 10.2. The van der Waals surface area contributed by atoms with E-state index in [1.807, 2.05) is 0 Å². The molecule has 0 fully saturated rings. The summed E-state index contributed by atoms with van der Waals surface area (Å²) in [6, 6.07) is 4.68. The molecule has 0 heterocycles. The van der Waals surface area contributed by atoms with Crippen LogP contribution < -0.4 is 0 Å². The van der Waals surface area contributed by atoms with Crippen molar-refractivity contribution in [3.8, 4) is 0 Å². The lowest BCUT2D eigenvalue weighted by Gasteiger charge is -1.97. The first-order valence-corrected chi connectivity index (χ1v) is 3.56. The Kier molecular flexibility index (Phi) is 2.40. The van der Waals surface area contributed by atoms with E-state index in [1.54, 1.807) is 12.1 Å². The molecule has 0 bridgehead atoms. The number of hydrogen-bond donors (Lipinski definition) is 0. The average molecular weight is 204 g/mol. The Morgan fingerprint density at radius 3 is 2.70 bits per heavy atom. The molecule has 0 saturated carbocycles. The lowest BCUT2D eigenvalue weighted by molar-refractivity contribution is 0.174. The van der Waals surface area contributed by atoms with Gasteiger partial charge in [-0.3, -0.25) is 0 Å². The summed E-state index contributed by atoms with van der Waals surface area (Å²) in [5.74, 6) is -0.447. The van der Waals surface area contributed by atoms with Gasteiger partial charge in [-0.15, -0.1) is 0 Å². The lowest BCUT2D eigenvalue weighted by atomic mass is 10.2. The van der Waals surface area contributed by atoms with E-state index in [4.69, 9.17) is 0 Å². The third-order valence-corrected chi connectivity index (χ3v) is 1.80. The first-order valence-electron chi connectivity index (χ1n) is 2.76. The highest BCUT2D eigenvalue weighted by Gasteiger charge is 2.03. The average Bonchev–Trinajstić information content (AvgIpc) is 1.95. The maximum absolute atomic E-state index is 12.8. The molecule has 0 amide bonds. The topological polar surface area (TPSA) is 19.9 Å². The molecule has 3 heteroatoms. The molecule has 53 valence electrons. The van der Waals surface area contributed by atoms with E-state index in [0.717, 1.165) is 0 Å². The maximum atomic E-state index is 12.8. The second-order valence-electron chi connectivity index (χ2n) is 1.86. The normalized spacial score (nSPS) is 9.90. The minimum absolute atomic E-state index is 0.203. The summed E-state index contributed by atoms with van der Waals surface area (Å²) in [7, 11) is 0. The van der Waals surface area contributed by atoms with E-state index in [9.17, 15) is 9.50 Å². The van der Waals surface area contributed by atoms with E-state index in [1.165, 1.54) is 6.07 Å². The Morgan fingerprint density at radius 1 is 1.50 bits per heavy atom. The molecule has 0 saturated heterocycles. The predicted octanol–water partition coefficient (Wildman–Crippen LogP) is 2.52. The van der Waals surface area contributed by atoms with Crippen LogP contribution >= 0.6 is 15.9 Å². The smallest absolute Gasteiger partial charge is 0.143 e. The van der Waals surface area contributed by atoms with Crippen molar-refractivity contribution in [1.82, 2.24) is 0 Å². The molecule has 1 aromatic carbocycles. The minimum Gasteiger partial charge on any atom is -0.231 e. The van der Waals surface area contributed by atoms with Gasteiger partial charge < -0.3 is 0 Å². The number of hydrogen-bond acceptors (Lipinski definition) is 0. The fourth-order valence-corrected chi connectivity index (χ4v) is 1.07. The van der Waals surface area contributed by atoms with Crippen LogP contribution in [0.1, 0.15) is 5.56 Å². The summed E-state index contributed by atoms with van der Waals surface area (Å²) in [4.78, 5) is 0. The van der Waals surface area contributed by atoms with Crippen LogP contribution in [0.4, 0.5) is 4.39 Å². The van der Waals surface area contributed by atoms with Crippen LogP contribution in [0.15, 0.2) is 22.7 Å². The van der Waals surface area contributed by atoms with Crippen molar-refractivity contribution in [3.63, 3.8) is 0 Å². The molecule has 1 nitrogen and oxygen atoms in total. The summed E-state index contributed by atoms with van der Waals surface area (Å²) < 4.78 is 13.1. The first-order chi connectivity index (χ1) is 4.75. The van der Waals surface area contributed by atoms with Gasteiger partial charge in [0, 0.05) is 5.56 Å². The third kappa shape index (κ3) is 1.36. The molecule has 0 aliphatic carbocycles. The standard InChI is InChI=1S/C7H5BrFO/c8-6-3-1-2-5(4-10)7(6)9/h1-3H,4H2. The zero-order valence-corrected chi connectivity index (χ0v) is 6.69. The molecular formula is C7H5BrFO. The minimum atomic E-state index is -0.509. The second-order valence-corrected chi connectivity index (χ2v) is 2.71. The number of rotatable bonds is 1. The van der Waals surface area contributed by atoms with Crippen LogP contribution in [0.3, 0.4) is 0 Å². The predicted molar refractivity (Wildman–Crippen MR) is 38.5 cm³/mol. The van der Waals surface area contributed by atoms with Crippen LogP contribution in [-0.4, -0.2) is 0 Å². The van der Waals surface area contributed by atoms with Gasteiger partial charge in [-0.1, -0.05) is 12.1 Å². The SMILES string of the molecule is [O]Cc1cccc(Br)c1F. The van der Waals surface area contributed by atoms with Gasteiger partial charge in [0.05, 0.1) is 4.47 Å². The molecule has 1 rings (SSSR count). The van der Waals surface area contributed by atoms with Gasteiger partial charge in [0.1, 0.15) is 12.4 Å². The van der Waals surface area contributed by atoms with Crippen LogP contribution in [0, 0.1) is 5.82 Å². The van der Waals surface area contributed by atoms with E-state index < -0.39 is 12.4 Å². The maximum Gasteiger partial charge on any atom is 0.143 e. The molecule has 0 unspecified atom stereocenters. The lowest BCUT2D eigenvalue weighted by Crippen LogP contribution is -1.88. The van der Waals surface area contributed by atoms with Crippen molar-refractivity contribution >= 4 is 15.9 Å². The van der Waals surface area contributed by atoms with E-state index >= 15 is 0 Å². The van der Waals surface area contributed by atoms with Gasteiger partial charge in [0.2, 0.25) is 0 Å². The molecule has 10 heavy (non-hydrogen) atoms. The van der Waals surface area contributed by atoms with E-state index in [0.29, 0.717) is 4.47 Å². The van der Waals surface area contributed by atoms with Crippen molar-refractivity contribution < 1.29 is 9.50 Å². The van der Waals surface area contributed by atoms with Gasteiger partial charge in [-0.05, 0) is 22.0 Å². The Morgan fingerprint density at radius 2 is 2.20 bits per heavy atom. The van der Waals surface area contributed by atoms with Crippen molar-refractivity contribution in [2.45, 2.75) is 6.61 Å². The monoisotopic (exact) mass is 203 g/mol. The molecule has 0 aliphatic rings. The summed E-state index contributed by atoms with van der Waals surface area (Å²) >= 11 is 2.97. The van der Waals surface area contributed by atoms with Gasteiger partial charge in [0.25, 0.3) is 0 Å². The highest BCUT2D eigenvalue weighted by molar-refractivity contribution is 9.10. The van der Waals surface area contributed by atoms with E-state index in [2.05, 4.69) is 15.9 Å². The molecule has 0 atom stereocenters. The highest BCUT2D eigenvalue weighted by Crippen LogP contribution is 2.18. The Hall–Kier alpha value is -0.410. The zero-order chi connectivity index (χ0) is 7.56. The third-order valence-electron chi connectivity index (χ3n) is 1.19. The van der Waals surface area contributed by atoms with Gasteiger partial charge in [-0.2, -0.15) is 0 Å². The van der Waals surface area contributed by atoms with Crippen LogP contribution in [0.2, 0.25) is 0 Å². The summed E-state index contributed by atoms with van der Waals surface area (Å²) in [5.41, 5.74) is 0.203. The molecule has 0 spiro atoms. The number of benzene rings is 1. The highest BCUT2D eigenvalue weighted by atomic mass is 79.9. The molecule has 0 N–H and O–H groups in total. The van der Waals surface area contributed by atoms with Gasteiger partial charge in [-0.25, -0.2) is 9.50 Å². The van der Waals surface area contributed by atoms with Gasteiger partial charge >= 0.3 is 0 Å². The fourth-order valence-electron chi connectivity index (χ4n) is 0.660. The largest absolute Gasteiger partial charge is 0.231 e. The number of halogens is 2. The van der Waals surface area contributed by atoms with Crippen molar-refractivity contribution in [2.75, 3.05) is 0 Å². The Labute approximate surface area is 66.6 Å². The van der Waals surface area contributed by atoms with Crippen molar-refractivity contribution in [1.29, 1.82) is 0 Å². The van der Waals surface area contributed by atoms with Crippen molar-refractivity contribution in [2.24, 2.45) is 0 Å². The zero-order valence-electron chi connectivity index (χ0n) is 5.10. The van der Waals surface area contributed by atoms with Crippen molar-refractivity contribution in [3.05, 3.63) is 34.1 Å². The van der Waals surface area contributed by atoms with Crippen LogP contribution in [-0.2, 0) is 11.7 Å². The Bertz CT molecular complexity index is 237. The Balaban J connectivity index is 3.14. The van der Waals surface area contributed by atoms with Crippen LogP contribution in [0.25, 0.3) is 0 Å². The molecule has 1 aromatic rings. The molecule has 1 radical (unpaired) electrons. The quantitative estimate of drug-likeness (QED) is 0.669. The molecule has 0 aliphatic heterocycles. The van der Waals surface area contributed by atoms with E-state index in [-0.39, 0.29) is 5.56 Å². The first kappa shape index (κ1) is 7.69. The second kappa shape index (κ2) is 3.12. The summed E-state index contributed by atoms with van der Waals surface area (Å²) in [6.45, 7) is -0.509.